The Kier molecular flexibility index (Phi) is 3.93. The molecule has 4 rings (SSSR count). The molecule has 1 atom stereocenters. The van der Waals surface area contributed by atoms with Gasteiger partial charge in [0, 0.05) is 24.6 Å². The number of carbonyl (C=O) groups is 1. The van der Waals surface area contributed by atoms with Gasteiger partial charge < -0.3 is 19.9 Å². The van der Waals surface area contributed by atoms with Crippen molar-refractivity contribution >= 4 is 22.6 Å². The number of aryl methyl sites for hydroxylation is 1. The summed E-state index contributed by atoms with van der Waals surface area (Å²) in [5.41, 5.74) is 3.09. The van der Waals surface area contributed by atoms with Gasteiger partial charge in [0.05, 0.1) is 23.6 Å². The summed E-state index contributed by atoms with van der Waals surface area (Å²) in [7, 11) is 2.04. The van der Waals surface area contributed by atoms with E-state index in [-0.39, 0.29) is 17.6 Å². The smallest absolute Gasteiger partial charge is 0.323 e. The minimum Gasteiger partial charge on any atom is -0.353 e. The van der Waals surface area contributed by atoms with Crippen molar-refractivity contribution in [1.29, 1.82) is 0 Å². The monoisotopic (exact) mass is 339 g/mol. The van der Waals surface area contributed by atoms with Crippen molar-refractivity contribution in [3.63, 3.8) is 0 Å². The first-order chi connectivity index (χ1) is 12.1. The van der Waals surface area contributed by atoms with Gasteiger partial charge in [0.2, 0.25) is 5.91 Å². The lowest BCUT2D eigenvalue weighted by molar-refractivity contribution is -0.117. The molecule has 3 aromatic rings. The first kappa shape index (κ1) is 15.7. The van der Waals surface area contributed by atoms with Crippen LogP contribution in [0.4, 0.5) is 5.69 Å². The summed E-state index contributed by atoms with van der Waals surface area (Å²) in [6.45, 7) is 1.28. The van der Waals surface area contributed by atoms with Crippen molar-refractivity contribution in [3.8, 4) is 0 Å². The van der Waals surface area contributed by atoms with Gasteiger partial charge in [-0.3, -0.25) is 9.69 Å². The Morgan fingerprint density at radius 2 is 2.12 bits per heavy atom. The normalized spacial score (nSPS) is 18.0. The van der Waals surface area contributed by atoms with Gasteiger partial charge in [-0.2, -0.15) is 0 Å². The third kappa shape index (κ3) is 3.10. The molecule has 3 heterocycles. The fourth-order valence-electron chi connectivity index (χ4n) is 3.67. The van der Waals surface area contributed by atoms with Gasteiger partial charge in [0.25, 0.3) is 0 Å². The Morgan fingerprint density at radius 3 is 2.92 bits per heavy atom. The second kappa shape index (κ2) is 6.25. The number of anilines is 1. The minimum atomic E-state index is -0.249. The molecule has 130 valence electrons. The van der Waals surface area contributed by atoms with Gasteiger partial charge >= 0.3 is 5.69 Å². The van der Waals surface area contributed by atoms with Crippen LogP contribution in [-0.4, -0.2) is 38.4 Å². The Hall–Kier alpha value is -2.80. The molecule has 0 bridgehead atoms. The molecule has 0 saturated carbocycles. The van der Waals surface area contributed by atoms with E-state index in [0.717, 1.165) is 24.9 Å². The summed E-state index contributed by atoms with van der Waals surface area (Å²) in [6, 6.07) is 9.79. The number of benzene rings is 1. The Bertz CT molecular complexity index is 967. The lowest BCUT2D eigenvalue weighted by Crippen LogP contribution is -2.33. The topological polar surface area (TPSA) is 85.9 Å². The van der Waals surface area contributed by atoms with Crippen LogP contribution in [0.1, 0.15) is 24.6 Å². The van der Waals surface area contributed by atoms with Crippen LogP contribution in [0.3, 0.4) is 0 Å². The van der Waals surface area contributed by atoms with Crippen molar-refractivity contribution in [1.82, 2.24) is 19.4 Å². The van der Waals surface area contributed by atoms with Gasteiger partial charge in [0.15, 0.2) is 0 Å². The van der Waals surface area contributed by atoms with Crippen LogP contribution < -0.4 is 11.0 Å². The molecule has 7 nitrogen and oxygen atoms in total. The summed E-state index contributed by atoms with van der Waals surface area (Å²) in [5, 5.41) is 2.93. The van der Waals surface area contributed by atoms with E-state index in [2.05, 4.69) is 30.8 Å². The van der Waals surface area contributed by atoms with Gasteiger partial charge in [0.1, 0.15) is 0 Å². The highest BCUT2D eigenvalue weighted by Gasteiger charge is 2.28. The Labute approximate surface area is 144 Å². The van der Waals surface area contributed by atoms with Crippen molar-refractivity contribution in [3.05, 3.63) is 52.7 Å². The van der Waals surface area contributed by atoms with E-state index < -0.39 is 0 Å². The molecule has 1 aliphatic heterocycles. The van der Waals surface area contributed by atoms with Crippen LogP contribution in [0.15, 0.2) is 41.3 Å². The predicted molar refractivity (Wildman–Crippen MR) is 96.5 cm³/mol. The fraction of sp³-hybridized carbons (Fsp3) is 0.333. The zero-order chi connectivity index (χ0) is 17.4. The summed E-state index contributed by atoms with van der Waals surface area (Å²) < 4.78 is 2.12. The highest BCUT2D eigenvalue weighted by Crippen LogP contribution is 2.31. The standard InChI is InChI=1S/C18H21N5O2/c1-22-8-2-4-15(22)16-5-3-9-23(16)11-17(24)19-12-6-7-13-14(10-12)21-18(25)20-13/h2,4,6-8,10,16H,3,5,9,11H2,1H3,(H,19,24)(H2,20,21,25)/t16-/m1/s1. The van der Waals surface area contributed by atoms with Crippen LogP contribution in [0, 0.1) is 0 Å². The number of rotatable bonds is 4. The number of fused-ring (bicyclic) bond motifs is 1. The number of carbonyl (C=O) groups excluding carboxylic acids is 1. The molecule has 1 fully saturated rings. The predicted octanol–water partition coefficient (Wildman–Crippen LogP) is 1.97. The molecule has 25 heavy (non-hydrogen) atoms. The van der Waals surface area contributed by atoms with E-state index in [9.17, 15) is 9.59 Å². The number of aromatic nitrogens is 3. The molecule has 2 aromatic heterocycles. The molecular formula is C18H21N5O2. The molecule has 0 aliphatic carbocycles. The van der Waals surface area contributed by atoms with E-state index in [1.54, 1.807) is 18.2 Å². The molecule has 7 heteroatoms. The Balaban J connectivity index is 1.45. The van der Waals surface area contributed by atoms with Crippen molar-refractivity contribution < 1.29 is 4.79 Å². The van der Waals surface area contributed by atoms with Gasteiger partial charge in [-0.15, -0.1) is 0 Å². The van der Waals surface area contributed by atoms with Gasteiger partial charge in [-0.25, -0.2) is 4.79 Å². The third-order valence-corrected chi connectivity index (χ3v) is 4.84. The average molecular weight is 339 g/mol. The van der Waals surface area contributed by atoms with Crippen LogP contribution >= 0.6 is 0 Å². The van der Waals surface area contributed by atoms with Crippen molar-refractivity contribution in [2.45, 2.75) is 18.9 Å². The minimum absolute atomic E-state index is 0.0432. The molecular weight excluding hydrogens is 318 g/mol. The van der Waals surface area contributed by atoms with Crippen LogP contribution in [0.2, 0.25) is 0 Å². The van der Waals surface area contributed by atoms with E-state index in [4.69, 9.17) is 0 Å². The number of hydrogen-bond acceptors (Lipinski definition) is 3. The van der Waals surface area contributed by atoms with E-state index in [1.807, 2.05) is 19.3 Å². The fourth-order valence-corrected chi connectivity index (χ4v) is 3.67. The van der Waals surface area contributed by atoms with E-state index in [0.29, 0.717) is 17.7 Å². The third-order valence-electron chi connectivity index (χ3n) is 4.84. The largest absolute Gasteiger partial charge is 0.353 e. The number of aromatic amines is 2. The van der Waals surface area contributed by atoms with E-state index in [1.165, 1.54) is 5.69 Å². The first-order valence-corrected chi connectivity index (χ1v) is 8.47. The summed E-state index contributed by atoms with van der Waals surface area (Å²) in [4.78, 5) is 31.4. The lowest BCUT2D eigenvalue weighted by atomic mass is 10.1. The summed E-state index contributed by atoms with van der Waals surface area (Å²) in [6.07, 6.45) is 4.21. The van der Waals surface area contributed by atoms with Gasteiger partial charge in [-0.1, -0.05) is 0 Å². The van der Waals surface area contributed by atoms with E-state index >= 15 is 0 Å². The van der Waals surface area contributed by atoms with Crippen LogP contribution in [0.5, 0.6) is 0 Å². The molecule has 0 radical (unpaired) electrons. The molecule has 0 spiro atoms. The molecule has 1 aromatic carbocycles. The number of H-pyrrole nitrogens is 2. The number of imidazole rings is 1. The van der Waals surface area contributed by atoms with Gasteiger partial charge in [-0.05, 0) is 49.7 Å². The second-order valence-corrected chi connectivity index (χ2v) is 6.56. The van der Waals surface area contributed by atoms with Crippen molar-refractivity contribution in [2.24, 2.45) is 7.05 Å². The SMILES string of the molecule is Cn1cccc1[C@H]1CCCN1CC(=O)Nc1ccc2[nH]c(=O)[nH]c2c1. The molecule has 1 amide bonds. The average Bonchev–Trinajstić information content (AvgIpc) is 3.26. The highest BCUT2D eigenvalue weighted by atomic mass is 16.2. The maximum absolute atomic E-state index is 12.5. The molecule has 1 saturated heterocycles. The number of nitrogens with one attached hydrogen (secondary N) is 3. The molecule has 3 N–H and O–H groups in total. The first-order valence-electron chi connectivity index (χ1n) is 8.47. The zero-order valence-corrected chi connectivity index (χ0v) is 14.1. The molecule has 1 aliphatic rings. The summed E-state index contributed by atoms with van der Waals surface area (Å²) >= 11 is 0. The maximum atomic E-state index is 12.5. The number of likely N-dealkylation sites (tertiary alicyclic amines) is 1. The molecule has 0 unspecified atom stereocenters. The quantitative estimate of drug-likeness (QED) is 0.679. The van der Waals surface area contributed by atoms with Crippen LogP contribution in [-0.2, 0) is 11.8 Å². The lowest BCUT2D eigenvalue weighted by Gasteiger charge is -2.24. The number of hydrogen-bond donors (Lipinski definition) is 3. The van der Waals surface area contributed by atoms with Crippen LogP contribution in [0.25, 0.3) is 11.0 Å². The zero-order valence-electron chi connectivity index (χ0n) is 14.1. The summed E-state index contributed by atoms with van der Waals surface area (Å²) in [5.74, 6) is -0.0432. The highest BCUT2D eigenvalue weighted by molar-refractivity contribution is 5.94. The van der Waals surface area contributed by atoms with Crippen molar-refractivity contribution in [2.75, 3.05) is 18.4 Å². The number of amides is 1. The Morgan fingerprint density at radius 1 is 1.28 bits per heavy atom. The second-order valence-electron chi connectivity index (χ2n) is 6.56. The number of nitrogens with zero attached hydrogens (tertiary/aromatic N) is 2. The maximum Gasteiger partial charge on any atom is 0.323 e.